The lowest BCUT2D eigenvalue weighted by Crippen LogP contribution is -2.49. The Labute approximate surface area is 227 Å². The Morgan fingerprint density at radius 3 is 2.34 bits per heavy atom. The third-order valence-corrected chi connectivity index (χ3v) is 7.60. The van der Waals surface area contributed by atoms with Gasteiger partial charge in [-0.3, -0.25) is 9.59 Å². The fourth-order valence-corrected chi connectivity index (χ4v) is 5.25. The van der Waals surface area contributed by atoms with Crippen LogP contribution in [-0.4, -0.2) is 62.0 Å². The first-order valence-corrected chi connectivity index (χ1v) is 14.2. The summed E-state index contributed by atoms with van der Waals surface area (Å²) in [4.78, 5) is 28.4. The first kappa shape index (κ1) is 27.8. The fourth-order valence-electron chi connectivity index (χ4n) is 5.25. The van der Waals surface area contributed by atoms with Crippen LogP contribution in [0.5, 0.6) is 0 Å². The summed E-state index contributed by atoms with van der Waals surface area (Å²) in [5, 5.41) is 11.8. The van der Waals surface area contributed by atoms with E-state index >= 15 is 0 Å². The van der Waals surface area contributed by atoms with Gasteiger partial charge in [0.05, 0.1) is 6.04 Å². The van der Waals surface area contributed by atoms with E-state index in [4.69, 9.17) is 0 Å². The highest BCUT2D eigenvalue weighted by Crippen LogP contribution is 2.18. The number of benzene rings is 3. The van der Waals surface area contributed by atoms with Crippen LogP contribution >= 0.6 is 0 Å². The molecule has 2 atom stereocenters. The molecule has 1 fully saturated rings. The summed E-state index contributed by atoms with van der Waals surface area (Å²) in [5.74, 6) is 0.238. The Kier molecular flexibility index (Phi) is 10.7. The van der Waals surface area contributed by atoms with Crippen LogP contribution in [0.3, 0.4) is 0 Å². The van der Waals surface area contributed by atoms with Gasteiger partial charge in [0.1, 0.15) is 0 Å². The van der Waals surface area contributed by atoms with Crippen LogP contribution in [0, 0.1) is 0 Å². The van der Waals surface area contributed by atoms with Gasteiger partial charge in [-0.2, -0.15) is 0 Å². The van der Waals surface area contributed by atoms with Crippen molar-refractivity contribution in [3.05, 3.63) is 83.9 Å². The maximum absolute atomic E-state index is 13.3. The summed E-state index contributed by atoms with van der Waals surface area (Å²) < 4.78 is 0. The summed E-state index contributed by atoms with van der Waals surface area (Å²) >= 11 is 0. The summed E-state index contributed by atoms with van der Waals surface area (Å²) in [5.41, 5.74) is 1.90. The molecule has 0 radical (unpaired) electrons. The lowest BCUT2D eigenvalue weighted by molar-refractivity contribution is -0.123. The summed E-state index contributed by atoms with van der Waals surface area (Å²) in [6.07, 6.45) is 5.50. The number of nitrogens with one attached hydrogen (secondary N) is 3. The van der Waals surface area contributed by atoms with E-state index in [1.165, 1.54) is 24.8 Å². The molecule has 0 saturated carbocycles. The zero-order chi connectivity index (χ0) is 26.6. The van der Waals surface area contributed by atoms with E-state index < -0.39 is 0 Å². The van der Waals surface area contributed by atoms with Gasteiger partial charge in [-0.05, 0) is 67.2 Å². The molecule has 0 unspecified atom stereocenters. The number of carbonyl (C=O) groups is 2. The van der Waals surface area contributed by atoms with Crippen molar-refractivity contribution in [2.75, 3.05) is 39.3 Å². The van der Waals surface area contributed by atoms with Crippen molar-refractivity contribution < 1.29 is 9.59 Å². The number of amides is 2. The number of nitrogens with zero attached hydrogens (tertiary/aromatic N) is 1. The molecule has 38 heavy (non-hydrogen) atoms. The summed E-state index contributed by atoms with van der Waals surface area (Å²) in [6.45, 7) is 6.91. The second-order valence-corrected chi connectivity index (χ2v) is 10.3. The minimum atomic E-state index is -0.289. The first-order chi connectivity index (χ1) is 18.6. The van der Waals surface area contributed by atoms with Gasteiger partial charge >= 0.3 is 0 Å². The Morgan fingerprint density at radius 2 is 1.58 bits per heavy atom. The molecule has 6 heteroatoms. The van der Waals surface area contributed by atoms with Crippen LogP contribution in [-0.2, 0) is 4.79 Å². The molecule has 1 heterocycles. The molecule has 202 valence electrons. The van der Waals surface area contributed by atoms with E-state index in [9.17, 15) is 9.59 Å². The van der Waals surface area contributed by atoms with Crippen LogP contribution in [0.4, 0.5) is 0 Å². The van der Waals surface area contributed by atoms with E-state index in [1.54, 1.807) is 0 Å². The average molecular weight is 515 g/mol. The lowest BCUT2D eigenvalue weighted by Gasteiger charge is -2.28. The van der Waals surface area contributed by atoms with Crippen LogP contribution in [0.15, 0.2) is 72.8 Å². The molecular weight excluding hydrogens is 472 g/mol. The molecule has 6 nitrogen and oxygen atoms in total. The van der Waals surface area contributed by atoms with Crippen molar-refractivity contribution in [3.8, 4) is 0 Å². The van der Waals surface area contributed by atoms with E-state index in [0.29, 0.717) is 31.1 Å². The number of carbonyl (C=O) groups excluding carboxylic acids is 2. The Morgan fingerprint density at radius 1 is 0.842 bits per heavy atom. The predicted molar refractivity (Wildman–Crippen MR) is 155 cm³/mol. The van der Waals surface area contributed by atoms with E-state index in [2.05, 4.69) is 52.0 Å². The Bertz CT molecular complexity index is 1160. The third-order valence-electron chi connectivity index (χ3n) is 7.60. The fraction of sp³-hybridized carbons (Fsp3) is 0.438. The minimum absolute atomic E-state index is 0.0391. The normalized spacial score (nSPS) is 15.6. The topological polar surface area (TPSA) is 73.5 Å². The smallest absolute Gasteiger partial charge is 0.251 e. The number of hydrogen-bond acceptors (Lipinski definition) is 4. The van der Waals surface area contributed by atoms with Gasteiger partial charge in [0.2, 0.25) is 5.91 Å². The van der Waals surface area contributed by atoms with E-state index in [1.807, 2.05) is 48.5 Å². The molecule has 0 aliphatic carbocycles. The van der Waals surface area contributed by atoms with Crippen molar-refractivity contribution in [3.63, 3.8) is 0 Å². The molecule has 3 aromatic rings. The van der Waals surface area contributed by atoms with Crippen molar-refractivity contribution in [2.45, 2.75) is 51.0 Å². The molecule has 1 aliphatic heterocycles. The molecule has 1 aliphatic rings. The number of rotatable bonds is 13. The van der Waals surface area contributed by atoms with Gasteiger partial charge < -0.3 is 20.9 Å². The molecule has 2 amide bonds. The zero-order valence-corrected chi connectivity index (χ0v) is 22.6. The largest absolute Gasteiger partial charge is 0.354 e. The minimum Gasteiger partial charge on any atom is -0.354 e. The predicted octanol–water partition coefficient (Wildman–Crippen LogP) is 4.71. The molecule has 0 spiro atoms. The quantitative estimate of drug-likeness (QED) is 0.289. The molecule has 4 rings (SSSR count). The second kappa shape index (κ2) is 14.6. The lowest BCUT2D eigenvalue weighted by atomic mass is 9.96. The van der Waals surface area contributed by atoms with E-state index in [-0.39, 0.29) is 17.9 Å². The standard InChI is InChI=1S/C32H42N4O2/c1-2-25(26-11-5-3-6-12-26)24-35-32(38)30(17-22-36-20-9-4-10-21-36)33-18-19-34-31(37)29-16-15-27-13-7-8-14-28(27)23-29/h3,5-8,11-16,23,25,30,33H,2,4,9-10,17-22,24H2,1H3,(H,34,37)(H,35,38)/t25-,30-/m0/s1. The van der Waals surface area contributed by atoms with Crippen LogP contribution in [0.25, 0.3) is 10.8 Å². The Hall–Kier alpha value is -3.22. The van der Waals surface area contributed by atoms with Crippen molar-refractivity contribution in [2.24, 2.45) is 0 Å². The van der Waals surface area contributed by atoms with Gasteiger partial charge in [-0.25, -0.2) is 0 Å². The van der Waals surface area contributed by atoms with Gasteiger partial charge in [-0.15, -0.1) is 0 Å². The SMILES string of the molecule is CC[C@@H](CNC(=O)[C@H](CCN1CCCCC1)NCCNC(=O)c1ccc2ccccc2c1)c1ccccc1. The molecular formula is C32H42N4O2. The van der Waals surface area contributed by atoms with Crippen molar-refractivity contribution >= 4 is 22.6 Å². The average Bonchev–Trinajstić information content (AvgIpc) is 2.97. The molecule has 3 aromatic carbocycles. The van der Waals surface area contributed by atoms with Gasteiger partial charge in [0, 0.05) is 37.7 Å². The number of likely N-dealkylation sites (tertiary alicyclic amines) is 1. The Balaban J connectivity index is 1.29. The number of hydrogen-bond donors (Lipinski definition) is 3. The molecule has 1 saturated heterocycles. The molecule has 0 aromatic heterocycles. The number of fused-ring (bicyclic) bond motifs is 1. The van der Waals surface area contributed by atoms with E-state index in [0.717, 1.165) is 43.2 Å². The second-order valence-electron chi connectivity index (χ2n) is 10.3. The van der Waals surface area contributed by atoms with Gasteiger partial charge in [0.25, 0.3) is 5.91 Å². The first-order valence-electron chi connectivity index (χ1n) is 14.2. The van der Waals surface area contributed by atoms with Gasteiger partial charge in [-0.1, -0.05) is 74.0 Å². The maximum atomic E-state index is 13.3. The third kappa shape index (κ3) is 8.14. The molecule has 0 bridgehead atoms. The highest BCUT2D eigenvalue weighted by Gasteiger charge is 2.21. The highest BCUT2D eigenvalue weighted by molar-refractivity contribution is 5.98. The monoisotopic (exact) mass is 514 g/mol. The van der Waals surface area contributed by atoms with Gasteiger partial charge in [0.15, 0.2) is 0 Å². The zero-order valence-electron chi connectivity index (χ0n) is 22.6. The number of piperidine rings is 1. The molecule has 3 N–H and O–H groups in total. The van der Waals surface area contributed by atoms with Crippen molar-refractivity contribution in [1.29, 1.82) is 0 Å². The summed E-state index contributed by atoms with van der Waals surface area (Å²) in [7, 11) is 0. The van der Waals surface area contributed by atoms with Crippen LogP contribution in [0.1, 0.15) is 60.9 Å². The summed E-state index contributed by atoms with van der Waals surface area (Å²) in [6, 6.07) is 23.9. The van der Waals surface area contributed by atoms with Crippen LogP contribution in [0.2, 0.25) is 0 Å². The van der Waals surface area contributed by atoms with Crippen LogP contribution < -0.4 is 16.0 Å². The highest BCUT2D eigenvalue weighted by atomic mass is 16.2. The van der Waals surface area contributed by atoms with Crippen molar-refractivity contribution in [1.82, 2.24) is 20.9 Å². The maximum Gasteiger partial charge on any atom is 0.251 e.